The highest BCUT2D eigenvalue weighted by Crippen LogP contribution is 2.31. The number of aromatic nitrogens is 5. The Balaban J connectivity index is 1.35. The molecule has 0 saturated heterocycles. The quantitative estimate of drug-likeness (QED) is 0.396. The largest absolute Gasteiger partial charge is 0.489 e. The summed E-state index contributed by atoms with van der Waals surface area (Å²) in [5, 5.41) is 19.8. The van der Waals surface area contributed by atoms with Crippen LogP contribution in [0.1, 0.15) is 53.3 Å². The Hall–Kier alpha value is -4.42. The summed E-state index contributed by atoms with van der Waals surface area (Å²) in [4.78, 5) is 21.7. The fraction of sp³-hybridized carbons (Fsp3) is 0.231. The van der Waals surface area contributed by atoms with Gasteiger partial charge in [-0.25, -0.2) is 9.97 Å². The van der Waals surface area contributed by atoms with E-state index in [-0.39, 0.29) is 12.4 Å². The first-order valence-electron chi connectivity index (χ1n) is 11.2. The smallest absolute Gasteiger partial charge is 0.291 e. The molecule has 0 fully saturated rings. The lowest BCUT2D eigenvalue weighted by Crippen LogP contribution is -2.33. The number of imidazole rings is 1. The molecular weight excluding hydrogens is 444 g/mol. The number of carbonyl (C=O) groups excluding carboxylic acids is 1. The number of hydrogen-bond donors (Lipinski definition) is 3. The molecule has 0 aliphatic carbocycles. The lowest BCUT2D eigenvalue weighted by Gasteiger charge is -2.15. The fourth-order valence-corrected chi connectivity index (χ4v) is 3.75. The fourth-order valence-electron chi connectivity index (χ4n) is 3.75. The van der Waals surface area contributed by atoms with E-state index in [4.69, 9.17) is 4.74 Å². The normalized spacial score (nSPS) is 14.5. The summed E-state index contributed by atoms with van der Waals surface area (Å²) in [5.74, 6) is 7.29. The lowest BCUT2D eigenvalue weighted by molar-refractivity contribution is 0.0909. The average Bonchev–Trinajstić information content (AvgIpc) is 3.48. The van der Waals surface area contributed by atoms with Gasteiger partial charge in [-0.15, -0.1) is 5.10 Å². The molecule has 5 rings (SSSR count). The Bertz CT molecular complexity index is 1420. The number of nitrogens with zero attached hydrogens (tertiary/aromatic N) is 4. The molecule has 3 heterocycles. The maximum Gasteiger partial charge on any atom is 0.291 e. The standard InChI is InChI=1S/C26H24N6O3/c1-26(2,34)11-10-18-8-9-21-20(14-18)32-13-12-27-24(32)19(16-35-21)28-25(33)23-29-22(30-31-23)15-17-6-4-3-5-7-17/h3-9,12-14,19,34H,15-16H2,1-2H3,(H,28,33)(H,29,30,31)/t19-/m1/s1. The summed E-state index contributed by atoms with van der Waals surface area (Å²) in [6.45, 7) is 3.45. The van der Waals surface area contributed by atoms with Crippen molar-refractivity contribution < 1.29 is 14.6 Å². The number of carbonyl (C=O) groups is 1. The van der Waals surface area contributed by atoms with Gasteiger partial charge in [-0.05, 0) is 37.6 Å². The molecule has 4 aromatic rings. The van der Waals surface area contributed by atoms with Gasteiger partial charge in [0.05, 0.1) is 5.69 Å². The van der Waals surface area contributed by atoms with Crippen molar-refractivity contribution >= 4 is 5.91 Å². The van der Waals surface area contributed by atoms with Gasteiger partial charge < -0.3 is 15.2 Å². The molecule has 0 unspecified atom stereocenters. The minimum Gasteiger partial charge on any atom is -0.489 e. The molecule has 1 aliphatic rings. The van der Waals surface area contributed by atoms with Crippen molar-refractivity contribution in [1.82, 2.24) is 30.0 Å². The SMILES string of the molecule is CC(C)(O)C#Cc1ccc2c(c1)-n1ccnc1[C@H](NC(=O)c1n[nH]c(Cc3ccccc3)n1)CO2. The van der Waals surface area contributed by atoms with Gasteiger partial charge in [0.15, 0.2) is 0 Å². The van der Waals surface area contributed by atoms with Crippen LogP contribution < -0.4 is 10.1 Å². The second-order valence-corrected chi connectivity index (χ2v) is 8.75. The molecule has 3 N–H and O–H groups in total. The number of benzene rings is 2. The first-order valence-corrected chi connectivity index (χ1v) is 11.2. The molecule has 9 nitrogen and oxygen atoms in total. The number of amides is 1. The van der Waals surface area contributed by atoms with E-state index < -0.39 is 17.6 Å². The topological polar surface area (TPSA) is 118 Å². The number of fused-ring (bicyclic) bond motifs is 3. The maximum atomic E-state index is 12.9. The summed E-state index contributed by atoms with van der Waals surface area (Å²) in [5.41, 5.74) is 1.45. The van der Waals surface area contributed by atoms with Gasteiger partial charge in [-0.1, -0.05) is 42.2 Å². The molecule has 1 atom stereocenters. The lowest BCUT2D eigenvalue weighted by atomic mass is 10.1. The van der Waals surface area contributed by atoms with E-state index in [1.165, 1.54) is 0 Å². The van der Waals surface area contributed by atoms with Gasteiger partial charge in [-0.2, -0.15) is 0 Å². The summed E-state index contributed by atoms with van der Waals surface area (Å²) >= 11 is 0. The second-order valence-electron chi connectivity index (χ2n) is 8.75. The van der Waals surface area contributed by atoms with Crippen LogP contribution in [0.4, 0.5) is 0 Å². The maximum absolute atomic E-state index is 12.9. The van der Waals surface area contributed by atoms with Crippen LogP contribution in [0.15, 0.2) is 60.9 Å². The van der Waals surface area contributed by atoms with Crippen molar-refractivity contribution in [3.05, 3.63) is 89.5 Å². The second kappa shape index (κ2) is 9.08. The van der Waals surface area contributed by atoms with E-state index in [9.17, 15) is 9.90 Å². The molecule has 1 amide bonds. The highest BCUT2D eigenvalue weighted by Gasteiger charge is 2.27. The molecule has 176 valence electrons. The summed E-state index contributed by atoms with van der Waals surface area (Å²) in [6.07, 6.45) is 4.02. The Morgan fingerprint density at radius 2 is 2.11 bits per heavy atom. The number of H-pyrrole nitrogens is 1. The summed E-state index contributed by atoms with van der Waals surface area (Å²) in [6, 6.07) is 14.8. The van der Waals surface area contributed by atoms with Crippen LogP contribution >= 0.6 is 0 Å². The van der Waals surface area contributed by atoms with Crippen LogP contribution in [-0.2, 0) is 6.42 Å². The van der Waals surface area contributed by atoms with Gasteiger partial charge in [0.1, 0.15) is 35.6 Å². The predicted octanol–water partition coefficient (Wildman–Crippen LogP) is 2.57. The number of aliphatic hydroxyl groups is 1. The molecule has 0 saturated carbocycles. The number of nitrogens with one attached hydrogen (secondary N) is 2. The Labute approximate surface area is 202 Å². The summed E-state index contributed by atoms with van der Waals surface area (Å²) in [7, 11) is 0. The number of ether oxygens (including phenoxy) is 1. The van der Waals surface area contributed by atoms with Crippen LogP contribution in [0.3, 0.4) is 0 Å². The highest BCUT2D eigenvalue weighted by molar-refractivity contribution is 5.90. The third-order valence-corrected chi connectivity index (χ3v) is 5.37. The molecule has 0 bridgehead atoms. The average molecular weight is 469 g/mol. The number of aromatic amines is 1. The van der Waals surface area contributed by atoms with Gasteiger partial charge in [-0.3, -0.25) is 14.5 Å². The molecule has 0 spiro atoms. The predicted molar refractivity (Wildman–Crippen MR) is 128 cm³/mol. The minimum absolute atomic E-state index is 0.0555. The number of hydrogen-bond acceptors (Lipinski definition) is 6. The third-order valence-electron chi connectivity index (χ3n) is 5.37. The van der Waals surface area contributed by atoms with Crippen molar-refractivity contribution in [2.75, 3.05) is 6.61 Å². The van der Waals surface area contributed by atoms with Gasteiger partial charge in [0, 0.05) is 24.4 Å². The van der Waals surface area contributed by atoms with Crippen LogP contribution in [0.5, 0.6) is 5.75 Å². The van der Waals surface area contributed by atoms with E-state index in [1.807, 2.05) is 53.1 Å². The first-order chi connectivity index (χ1) is 16.9. The van der Waals surface area contributed by atoms with Gasteiger partial charge >= 0.3 is 0 Å². The van der Waals surface area contributed by atoms with Crippen molar-refractivity contribution in [1.29, 1.82) is 0 Å². The molecule has 0 radical (unpaired) electrons. The Morgan fingerprint density at radius 1 is 1.29 bits per heavy atom. The van der Waals surface area contributed by atoms with E-state index in [1.54, 1.807) is 26.2 Å². The van der Waals surface area contributed by atoms with E-state index in [0.29, 0.717) is 23.8 Å². The highest BCUT2D eigenvalue weighted by atomic mass is 16.5. The van der Waals surface area contributed by atoms with Crippen LogP contribution in [0, 0.1) is 11.8 Å². The number of rotatable bonds is 4. The van der Waals surface area contributed by atoms with Crippen molar-refractivity contribution in [3.63, 3.8) is 0 Å². The molecule has 35 heavy (non-hydrogen) atoms. The van der Waals surface area contributed by atoms with Crippen LogP contribution in [-0.4, -0.2) is 48.0 Å². The Kier molecular flexibility index (Phi) is 5.81. The van der Waals surface area contributed by atoms with Crippen LogP contribution in [0.2, 0.25) is 0 Å². The molecular formula is C26H24N6O3. The van der Waals surface area contributed by atoms with Gasteiger partial charge in [0.2, 0.25) is 5.82 Å². The zero-order valence-corrected chi connectivity index (χ0v) is 19.3. The molecule has 9 heteroatoms. The zero-order valence-electron chi connectivity index (χ0n) is 19.3. The molecule has 2 aromatic heterocycles. The van der Waals surface area contributed by atoms with Crippen molar-refractivity contribution in [3.8, 4) is 23.3 Å². The van der Waals surface area contributed by atoms with E-state index in [2.05, 4.69) is 37.3 Å². The van der Waals surface area contributed by atoms with E-state index in [0.717, 1.165) is 16.8 Å². The monoisotopic (exact) mass is 468 g/mol. The molecule has 1 aliphatic heterocycles. The van der Waals surface area contributed by atoms with Gasteiger partial charge in [0.25, 0.3) is 5.91 Å². The minimum atomic E-state index is -1.10. The Morgan fingerprint density at radius 3 is 2.91 bits per heavy atom. The van der Waals surface area contributed by atoms with Crippen molar-refractivity contribution in [2.24, 2.45) is 0 Å². The molecule has 2 aromatic carbocycles. The van der Waals surface area contributed by atoms with E-state index >= 15 is 0 Å². The van der Waals surface area contributed by atoms with Crippen LogP contribution in [0.25, 0.3) is 5.69 Å². The first kappa shape index (κ1) is 22.4. The zero-order chi connectivity index (χ0) is 24.4. The summed E-state index contributed by atoms with van der Waals surface area (Å²) < 4.78 is 7.86. The van der Waals surface area contributed by atoms with Crippen molar-refractivity contribution in [2.45, 2.75) is 31.9 Å². The third kappa shape index (κ3) is 5.08.